The van der Waals surface area contributed by atoms with Crippen molar-refractivity contribution >= 4 is 39.2 Å². The maximum absolute atomic E-state index is 11.7. The highest BCUT2D eigenvalue weighted by molar-refractivity contribution is 7.16. The van der Waals surface area contributed by atoms with E-state index in [1.165, 1.54) is 11.3 Å². The Hall–Kier alpha value is -1.93. The van der Waals surface area contributed by atoms with Crippen LogP contribution in [0.4, 0.5) is 11.8 Å². The van der Waals surface area contributed by atoms with E-state index >= 15 is 0 Å². The minimum Gasteiger partial charge on any atom is -0.369 e. The first-order chi connectivity index (χ1) is 10.1. The number of nitrogens with zero attached hydrogens (tertiary/aromatic N) is 2. The highest BCUT2D eigenvalue weighted by Gasteiger charge is 2.09. The van der Waals surface area contributed by atoms with Gasteiger partial charge in [0.15, 0.2) is 0 Å². The molecule has 1 amide bonds. The first kappa shape index (κ1) is 15.5. The van der Waals surface area contributed by atoms with Gasteiger partial charge in [0.05, 0.1) is 5.39 Å². The topological polar surface area (TPSA) is 105 Å². The third-order valence-corrected chi connectivity index (χ3v) is 3.61. The number of fused-ring (bicyclic) bond motifs is 1. The van der Waals surface area contributed by atoms with Gasteiger partial charge in [-0.3, -0.25) is 10.2 Å². The molecular formula is C13H20N6OS. The number of aromatic nitrogens is 2. The number of rotatable bonds is 7. The number of amides is 1. The van der Waals surface area contributed by atoms with Crippen LogP contribution in [-0.2, 0) is 4.79 Å². The van der Waals surface area contributed by atoms with Gasteiger partial charge in [0.1, 0.15) is 10.6 Å². The van der Waals surface area contributed by atoms with E-state index in [-0.39, 0.29) is 5.91 Å². The van der Waals surface area contributed by atoms with Gasteiger partial charge in [0.25, 0.3) is 0 Å². The Morgan fingerprint density at radius 1 is 1.43 bits per heavy atom. The molecule has 0 spiro atoms. The van der Waals surface area contributed by atoms with Crippen LogP contribution in [0.25, 0.3) is 10.2 Å². The van der Waals surface area contributed by atoms with Crippen LogP contribution >= 0.6 is 11.3 Å². The molecule has 0 unspecified atom stereocenters. The zero-order chi connectivity index (χ0) is 15.2. The second-order valence-electron chi connectivity index (χ2n) is 5.05. The van der Waals surface area contributed by atoms with Crippen molar-refractivity contribution in [1.82, 2.24) is 15.3 Å². The molecule has 7 nitrogen and oxygen atoms in total. The van der Waals surface area contributed by atoms with Gasteiger partial charge in [-0.05, 0) is 17.4 Å². The summed E-state index contributed by atoms with van der Waals surface area (Å²) in [6.45, 7) is 5.33. The number of carbonyl (C=O) groups is 1. The van der Waals surface area contributed by atoms with Crippen molar-refractivity contribution in [2.75, 3.05) is 23.8 Å². The molecular weight excluding hydrogens is 288 g/mol. The molecule has 0 aromatic carbocycles. The molecule has 0 atom stereocenters. The average molecular weight is 308 g/mol. The fourth-order valence-corrected chi connectivity index (χ4v) is 2.52. The van der Waals surface area contributed by atoms with E-state index < -0.39 is 0 Å². The average Bonchev–Trinajstić information content (AvgIpc) is 2.93. The monoisotopic (exact) mass is 308 g/mol. The molecule has 114 valence electrons. The lowest BCUT2D eigenvalue weighted by molar-refractivity contribution is -0.120. The quantitative estimate of drug-likeness (QED) is 0.457. The number of anilines is 2. The highest BCUT2D eigenvalue weighted by atomic mass is 32.1. The summed E-state index contributed by atoms with van der Waals surface area (Å²) in [5, 5.41) is 8.92. The Labute approximate surface area is 127 Å². The van der Waals surface area contributed by atoms with Crippen molar-refractivity contribution < 1.29 is 4.79 Å². The molecule has 2 aromatic rings. The molecule has 0 fully saturated rings. The van der Waals surface area contributed by atoms with Gasteiger partial charge in [0, 0.05) is 19.5 Å². The molecule has 0 bridgehead atoms. The molecule has 0 aliphatic rings. The predicted octanol–water partition coefficient (Wildman–Crippen LogP) is 1.55. The van der Waals surface area contributed by atoms with E-state index in [4.69, 9.17) is 5.84 Å². The Morgan fingerprint density at radius 2 is 2.24 bits per heavy atom. The second kappa shape index (κ2) is 7.19. The predicted molar refractivity (Wildman–Crippen MR) is 86.2 cm³/mol. The lowest BCUT2D eigenvalue weighted by Gasteiger charge is -2.10. The van der Waals surface area contributed by atoms with Gasteiger partial charge in [-0.1, -0.05) is 13.8 Å². The smallest absolute Gasteiger partial charge is 0.240 e. The molecule has 0 saturated carbocycles. The normalized spacial score (nSPS) is 10.9. The van der Waals surface area contributed by atoms with Gasteiger partial charge in [-0.15, -0.1) is 11.3 Å². The Kier molecular flexibility index (Phi) is 5.29. The SMILES string of the molecule is CC(C)CNC(=O)CCNc1nc(NN)nc2sccc12. The van der Waals surface area contributed by atoms with Crippen LogP contribution in [0.15, 0.2) is 11.4 Å². The number of carbonyl (C=O) groups excluding carboxylic acids is 1. The van der Waals surface area contributed by atoms with Crippen molar-refractivity contribution in [3.63, 3.8) is 0 Å². The summed E-state index contributed by atoms with van der Waals surface area (Å²) in [5.41, 5.74) is 2.45. The van der Waals surface area contributed by atoms with Gasteiger partial charge < -0.3 is 10.6 Å². The number of hydrogen-bond donors (Lipinski definition) is 4. The zero-order valence-electron chi connectivity index (χ0n) is 12.1. The van der Waals surface area contributed by atoms with E-state index in [9.17, 15) is 4.79 Å². The molecule has 0 aliphatic carbocycles. The summed E-state index contributed by atoms with van der Waals surface area (Å²) in [6, 6.07) is 1.95. The van der Waals surface area contributed by atoms with E-state index in [0.717, 1.165) is 10.2 Å². The molecule has 2 heterocycles. The van der Waals surface area contributed by atoms with Crippen molar-refractivity contribution in [1.29, 1.82) is 0 Å². The number of thiophene rings is 1. The van der Waals surface area contributed by atoms with Crippen LogP contribution < -0.4 is 21.9 Å². The number of hydrazine groups is 1. The van der Waals surface area contributed by atoms with Gasteiger partial charge >= 0.3 is 0 Å². The van der Waals surface area contributed by atoms with Gasteiger partial charge in [0.2, 0.25) is 11.9 Å². The number of nitrogens with one attached hydrogen (secondary N) is 3. The van der Waals surface area contributed by atoms with E-state index in [1.807, 2.05) is 11.4 Å². The molecule has 8 heteroatoms. The molecule has 21 heavy (non-hydrogen) atoms. The molecule has 2 aromatic heterocycles. The van der Waals surface area contributed by atoms with Crippen molar-refractivity contribution in [3.8, 4) is 0 Å². The summed E-state index contributed by atoms with van der Waals surface area (Å²) in [7, 11) is 0. The van der Waals surface area contributed by atoms with Crippen LogP contribution in [0.5, 0.6) is 0 Å². The maximum Gasteiger partial charge on any atom is 0.240 e. The minimum atomic E-state index is 0.0315. The standard InChI is InChI=1S/C13H20N6OS/c1-8(2)7-16-10(20)3-5-15-11-9-4-6-21-12(9)18-13(17-11)19-14/h4,6,8H,3,5,7,14H2,1-2H3,(H,16,20)(H2,15,17,18,19). The zero-order valence-corrected chi connectivity index (χ0v) is 13.0. The molecule has 2 rings (SSSR count). The Bertz CT molecular complexity index is 612. The first-order valence-corrected chi connectivity index (χ1v) is 7.70. The number of nitrogen functional groups attached to an aromatic ring is 1. The largest absolute Gasteiger partial charge is 0.369 e. The summed E-state index contributed by atoms with van der Waals surface area (Å²) < 4.78 is 0. The van der Waals surface area contributed by atoms with Crippen LogP contribution in [0.3, 0.4) is 0 Å². The molecule has 0 saturated heterocycles. The fraction of sp³-hybridized carbons (Fsp3) is 0.462. The van der Waals surface area contributed by atoms with Crippen molar-refractivity contribution in [3.05, 3.63) is 11.4 Å². The fourth-order valence-electron chi connectivity index (χ4n) is 1.76. The second-order valence-corrected chi connectivity index (χ2v) is 5.95. The lowest BCUT2D eigenvalue weighted by Crippen LogP contribution is -2.28. The van der Waals surface area contributed by atoms with E-state index in [2.05, 4.69) is 39.9 Å². The minimum absolute atomic E-state index is 0.0315. The van der Waals surface area contributed by atoms with Crippen LogP contribution in [-0.4, -0.2) is 29.0 Å². The number of nitrogens with two attached hydrogens (primary N) is 1. The molecule has 0 aliphatic heterocycles. The van der Waals surface area contributed by atoms with Gasteiger partial charge in [-0.2, -0.15) is 4.98 Å². The summed E-state index contributed by atoms with van der Waals surface area (Å²) in [6.07, 6.45) is 0.397. The third kappa shape index (κ3) is 4.27. The first-order valence-electron chi connectivity index (χ1n) is 6.82. The molecule has 0 radical (unpaired) electrons. The lowest BCUT2D eigenvalue weighted by atomic mass is 10.2. The third-order valence-electron chi connectivity index (χ3n) is 2.81. The van der Waals surface area contributed by atoms with Gasteiger partial charge in [-0.25, -0.2) is 10.8 Å². The Balaban J connectivity index is 1.94. The summed E-state index contributed by atoms with van der Waals surface area (Å²) in [4.78, 5) is 21.0. The maximum atomic E-state index is 11.7. The van der Waals surface area contributed by atoms with Crippen LogP contribution in [0.2, 0.25) is 0 Å². The highest BCUT2D eigenvalue weighted by Crippen LogP contribution is 2.26. The summed E-state index contributed by atoms with van der Waals surface area (Å²) >= 11 is 1.52. The Morgan fingerprint density at radius 3 is 2.95 bits per heavy atom. The summed E-state index contributed by atoms with van der Waals surface area (Å²) in [5.74, 6) is 6.89. The van der Waals surface area contributed by atoms with E-state index in [0.29, 0.717) is 37.2 Å². The van der Waals surface area contributed by atoms with Crippen LogP contribution in [0, 0.1) is 5.92 Å². The molecule has 5 N–H and O–H groups in total. The van der Waals surface area contributed by atoms with Crippen LogP contribution in [0.1, 0.15) is 20.3 Å². The van der Waals surface area contributed by atoms with E-state index in [1.54, 1.807) is 0 Å². The van der Waals surface area contributed by atoms with Crippen molar-refractivity contribution in [2.45, 2.75) is 20.3 Å². The van der Waals surface area contributed by atoms with Crippen molar-refractivity contribution in [2.24, 2.45) is 11.8 Å². The number of hydrogen-bond acceptors (Lipinski definition) is 7.